The van der Waals surface area contributed by atoms with Gasteiger partial charge in [0.25, 0.3) is 23.1 Å². The van der Waals surface area contributed by atoms with E-state index in [1.807, 2.05) is 48.5 Å². The number of hydrogen-bond acceptors (Lipinski definition) is 8. The zero-order valence-electron chi connectivity index (χ0n) is 17.2. The molecule has 0 radical (unpaired) electrons. The van der Waals surface area contributed by atoms with Crippen LogP contribution in [-0.4, -0.2) is 49.6 Å². The lowest BCUT2D eigenvalue weighted by atomic mass is 9.76. The van der Waals surface area contributed by atoms with E-state index in [4.69, 9.17) is 33.2 Å². The predicted octanol–water partition coefficient (Wildman–Crippen LogP) is 2.40. The minimum atomic E-state index is -2.00. The second kappa shape index (κ2) is 5.54. The fraction of sp³-hybridized carbons (Fsp3) is 0.478. The molecule has 5 heterocycles. The summed E-state index contributed by atoms with van der Waals surface area (Å²) in [5, 5.41) is 12.0. The van der Waals surface area contributed by atoms with Crippen molar-refractivity contribution in [1.82, 2.24) is 0 Å². The summed E-state index contributed by atoms with van der Waals surface area (Å²) >= 11 is 0. The molecule has 0 saturated carbocycles. The van der Waals surface area contributed by atoms with Crippen molar-refractivity contribution < 1.29 is 38.3 Å². The number of ether oxygens (including phenoxy) is 7. The molecule has 8 heteroatoms. The lowest BCUT2D eigenvalue weighted by Crippen LogP contribution is -2.78. The van der Waals surface area contributed by atoms with Crippen LogP contribution in [0.4, 0.5) is 0 Å². The van der Waals surface area contributed by atoms with Gasteiger partial charge in [-0.2, -0.15) is 0 Å². The van der Waals surface area contributed by atoms with E-state index >= 15 is 0 Å². The van der Waals surface area contributed by atoms with Gasteiger partial charge in [-0.3, -0.25) is 0 Å². The molecule has 8 nitrogen and oxygen atoms in total. The van der Waals surface area contributed by atoms with Crippen molar-refractivity contribution in [3.8, 4) is 0 Å². The van der Waals surface area contributed by atoms with Gasteiger partial charge in [-0.15, -0.1) is 0 Å². The molecule has 5 aliphatic rings. The van der Waals surface area contributed by atoms with E-state index in [-0.39, 0.29) is 0 Å². The second-order valence-electron chi connectivity index (χ2n) is 8.57. The molecular formula is C23H22O8. The molecule has 0 spiro atoms. The molecule has 4 bridgehead atoms. The Hall–Kier alpha value is -1.88. The van der Waals surface area contributed by atoms with Crippen molar-refractivity contribution in [2.45, 2.75) is 47.6 Å². The molecule has 3 fully saturated rings. The lowest BCUT2D eigenvalue weighted by Gasteiger charge is -2.60. The third-order valence-corrected chi connectivity index (χ3v) is 7.56. The van der Waals surface area contributed by atoms with Crippen LogP contribution in [0, 0.1) is 0 Å². The van der Waals surface area contributed by atoms with Crippen molar-refractivity contribution in [3.63, 3.8) is 0 Å². The zero-order valence-corrected chi connectivity index (χ0v) is 17.2. The van der Waals surface area contributed by atoms with E-state index in [9.17, 15) is 5.11 Å². The van der Waals surface area contributed by atoms with Crippen LogP contribution < -0.4 is 0 Å². The third kappa shape index (κ3) is 1.67. The highest BCUT2D eigenvalue weighted by atomic mass is 16.9. The summed E-state index contributed by atoms with van der Waals surface area (Å²) in [4.78, 5) is 0. The molecule has 3 saturated heterocycles. The Bertz CT molecular complexity index is 1110. The van der Waals surface area contributed by atoms with E-state index in [0.29, 0.717) is 0 Å². The molecule has 5 aliphatic heterocycles. The molecular weight excluding hydrogens is 404 g/mol. The first-order valence-corrected chi connectivity index (χ1v) is 10.3. The molecule has 0 aliphatic carbocycles. The Kier molecular flexibility index (Phi) is 3.33. The Morgan fingerprint density at radius 2 is 1.00 bits per heavy atom. The Labute approximate surface area is 178 Å². The SMILES string of the molecule is CO[C@]12O[C@]3(O)[C@@H]4O[C@@H](c5ccccc54)[C@]3(OC)O[C@]1(OC)[C@H]1O[C@@H]2c2ccccc21. The number of benzene rings is 2. The maximum atomic E-state index is 12.0. The largest absolute Gasteiger partial charge is 0.359 e. The van der Waals surface area contributed by atoms with Gasteiger partial charge in [-0.1, -0.05) is 48.5 Å². The highest BCUT2D eigenvalue weighted by Gasteiger charge is 2.89. The first-order chi connectivity index (χ1) is 15.0. The summed E-state index contributed by atoms with van der Waals surface area (Å²) in [6.07, 6.45) is -2.87. The minimum absolute atomic E-state index is 0.649. The fourth-order valence-electron chi connectivity index (χ4n) is 6.30. The van der Waals surface area contributed by atoms with Crippen LogP contribution in [0.15, 0.2) is 48.5 Å². The van der Waals surface area contributed by atoms with Crippen LogP contribution in [0.3, 0.4) is 0 Å². The molecule has 8 atom stereocenters. The first kappa shape index (κ1) is 18.7. The number of fused-ring (bicyclic) bond motifs is 16. The average Bonchev–Trinajstić information content (AvgIpc) is 3.52. The summed E-state index contributed by atoms with van der Waals surface area (Å²) in [7, 11) is 4.47. The first-order valence-electron chi connectivity index (χ1n) is 10.3. The standard InChI is InChI=1S/C23H22O8/c1-25-21-17-13-9-5-4-8-12(13)16(28-17)20(21,24)30-22(26-2)18-14-10-6-7-11-15(14)19(29-18)23(22,27-3)31-21/h4-11,16-19,24H,1-3H3/t16-,17+,18-,19+,20-,21+,22-,23-/m1/s1. The van der Waals surface area contributed by atoms with Gasteiger partial charge >= 0.3 is 0 Å². The van der Waals surface area contributed by atoms with Crippen LogP contribution >= 0.6 is 0 Å². The molecule has 0 aromatic heterocycles. The smallest absolute Gasteiger partial charge is 0.261 e. The van der Waals surface area contributed by atoms with Crippen molar-refractivity contribution >= 4 is 0 Å². The van der Waals surface area contributed by atoms with E-state index in [2.05, 4.69) is 0 Å². The van der Waals surface area contributed by atoms with E-state index in [1.165, 1.54) is 21.3 Å². The Morgan fingerprint density at radius 3 is 1.48 bits per heavy atom. The van der Waals surface area contributed by atoms with Crippen molar-refractivity contribution in [2.24, 2.45) is 0 Å². The average molecular weight is 426 g/mol. The third-order valence-electron chi connectivity index (χ3n) is 7.56. The Balaban J connectivity index is 1.48. The quantitative estimate of drug-likeness (QED) is 0.801. The molecule has 2 aromatic rings. The summed E-state index contributed by atoms with van der Waals surface area (Å²) in [5.74, 6) is -6.80. The van der Waals surface area contributed by atoms with Gasteiger partial charge in [0.05, 0.1) is 0 Å². The van der Waals surface area contributed by atoms with Crippen LogP contribution in [-0.2, 0) is 33.2 Å². The van der Waals surface area contributed by atoms with Gasteiger partial charge in [0, 0.05) is 21.3 Å². The molecule has 2 aromatic carbocycles. The van der Waals surface area contributed by atoms with Crippen LogP contribution in [0.2, 0.25) is 0 Å². The number of rotatable bonds is 3. The molecule has 0 amide bonds. The van der Waals surface area contributed by atoms with Gasteiger partial charge < -0.3 is 38.3 Å². The van der Waals surface area contributed by atoms with E-state index in [0.717, 1.165) is 22.3 Å². The number of hydrogen-bond donors (Lipinski definition) is 1. The van der Waals surface area contributed by atoms with Gasteiger partial charge in [0.2, 0.25) is 0 Å². The van der Waals surface area contributed by atoms with Crippen LogP contribution in [0.25, 0.3) is 0 Å². The predicted molar refractivity (Wildman–Crippen MR) is 102 cm³/mol. The normalized spacial score (nSPS) is 47.7. The van der Waals surface area contributed by atoms with Crippen molar-refractivity contribution in [1.29, 1.82) is 0 Å². The molecule has 162 valence electrons. The van der Waals surface area contributed by atoms with Gasteiger partial charge in [-0.25, -0.2) is 0 Å². The summed E-state index contributed by atoms with van der Waals surface area (Å²) < 4.78 is 43.7. The number of aliphatic hydroxyl groups is 1. The maximum absolute atomic E-state index is 12.0. The molecule has 7 rings (SSSR count). The van der Waals surface area contributed by atoms with Crippen LogP contribution in [0.5, 0.6) is 0 Å². The van der Waals surface area contributed by atoms with E-state index in [1.54, 1.807) is 0 Å². The van der Waals surface area contributed by atoms with Crippen LogP contribution in [0.1, 0.15) is 46.7 Å². The van der Waals surface area contributed by atoms with Gasteiger partial charge in [0.1, 0.15) is 24.4 Å². The number of methoxy groups -OCH3 is 3. The highest BCUT2D eigenvalue weighted by Crippen LogP contribution is 2.74. The fourth-order valence-corrected chi connectivity index (χ4v) is 6.30. The second-order valence-corrected chi connectivity index (χ2v) is 8.57. The van der Waals surface area contributed by atoms with Gasteiger partial charge in [0.15, 0.2) is 0 Å². The lowest BCUT2D eigenvalue weighted by molar-refractivity contribution is -0.566. The molecule has 0 unspecified atom stereocenters. The summed E-state index contributed by atoms with van der Waals surface area (Å²) in [6, 6.07) is 15.4. The molecule has 31 heavy (non-hydrogen) atoms. The van der Waals surface area contributed by atoms with E-state index < -0.39 is 47.6 Å². The maximum Gasteiger partial charge on any atom is 0.261 e. The van der Waals surface area contributed by atoms with Crippen molar-refractivity contribution in [2.75, 3.05) is 21.3 Å². The highest BCUT2D eigenvalue weighted by molar-refractivity contribution is 5.47. The molecule has 1 N–H and O–H groups in total. The topological polar surface area (TPSA) is 84.8 Å². The zero-order chi connectivity index (χ0) is 21.2. The Morgan fingerprint density at radius 1 is 0.613 bits per heavy atom. The van der Waals surface area contributed by atoms with Gasteiger partial charge in [-0.05, 0) is 22.3 Å². The van der Waals surface area contributed by atoms with Crippen molar-refractivity contribution in [3.05, 3.63) is 70.8 Å². The summed E-state index contributed by atoms with van der Waals surface area (Å²) in [6.45, 7) is 0. The monoisotopic (exact) mass is 426 g/mol. The minimum Gasteiger partial charge on any atom is -0.359 e. The summed E-state index contributed by atoms with van der Waals surface area (Å²) in [5.41, 5.74) is 3.53.